The molecule has 0 saturated heterocycles. The maximum atomic E-state index is 13.6. The van der Waals surface area contributed by atoms with Gasteiger partial charge in [-0.3, -0.25) is 9.71 Å². The van der Waals surface area contributed by atoms with E-state index in [9.17, 15) is 26.8 Å². The van der Waals surface area contributed by atoms with Crippen molar-refractivity contribution < 1.29 is 21.6 Å². The molecule has 3 aromatic rings. The average Bonchev–Trinajstić information content (AvgIpc) is 2.49. The lowest BCUT2D eigenvalue weighted by Gasteiger charge is -2.09. The number of benzene rings is 2. The van der Waals surface area contributed by atoms with E-state index in [0.29, 0.717) is 6.07 Å². The molecule has 0 spiro atoms. The van der Waals surface area contributed by atoms with Crippen LogP contribution in [0.4, 0.5) is 14.5 Å². The van der Waals surface area contributed by atoms with Gasteiger partial charge in [-0.25, -0.2) is 26.8 Å². The van der Waals surface area contributed by atoms with Gasteiger partial charge in [-0.2, -0.15) is 0 Å². The third-order valence-electron chi connectivity index (χ3n) is 3.12. The monoisotopic (exact) mass is 354 g/mol. The van der Waals surface area contributed by atoms with Crippen molar-refractivity contribution in [2.45, 2.75) is 4.90 Å². The first-order valence-corrected chi connectivity index (χ1v) is 7.90. The number of anilines is 1. The lowest BCUT2D eigenvalue weighted by molar-refractivity contribution is 0.460. The predicted octanol–water partition coefficient (Wildman–Crippen LogP) is 1.56. The number of rotatable bonds is 3. The molecule has 0 bridgehead atoms. The van der Waals surface area contributed by atoms with Crippen molar-refractivity contribution in [3.05, 3.63) is 69.0 Å². The molecule has 24 heavy (non-hydrogen) atoms. The number of aromatic amines is 1. The van der Waals surface area contributed by atoms with Crippen LogP contribution in [0.2, 0.25) is 0 Å². The summed E-state index contributed by atoms with van der Waals surface area (Å²) < 4.78 is 57.3. The quantitative estimate of drug-likeness (QED) is 0.742. The third kappa shape index (κ3) is 2.91. The molecule has 1 heterocycles. The van der Waals surface area contributed by atoms with Crippen LogP contribution in [0.1, 0.15) is 0 Å². The Bertz CT molecular complexity index is 1170. The predicted molar refractivity (Wildman–Crippen MR) is 80.3 cm³/mol. The second-order valence-corrected chi connectivity index (χ2v) is 6.42. The minimum atomic E-state index is -4.25. The van der Waals surface area contributed by atoms with Crippen LogP contribution in [0.15, 0.2) is 55.3 Å². The van der Waals surface area contributed by atoms with Crippen molar-refractivity contribution in [2.75, 3.05) is 4.72 Å². The van der Waals surface area contributed by atoms with Gasteiger partial charge in [-0.15, -0.1) is 0 Å². The number of fused-ring (bicyclic) bond motifs is 1. The number of halogens is 2. The molecule has 2 N–H and O–H groups in total. The van der Waals surface area contributed by atoms with Crippen LogP contribution in [0, 0.1) is 11.6 Å². The van der Waals surface area contributed by atoms with Gasteiger partial charge in [0.05, 0.1) is 21.5 Å². The van der Waals surface area contributed by atoms with E-state index in [1.54, 1.807) is 0 Å². The standard InChI is InChI=1S/C14H8F2N2O5S/c15-7-1-3-12(10(16)5-7)18-24(21,22)8-2-4-11-9(6-8)13(19)23-14(20)17-11/h1-6,18H,(H,17,20). The molecule has 1 aromatic heterocycles. The summed E-state index contributed by atoms with van der Waals surface area (Å²) in [6, 6.07) is 5.62. The van der Waals surface area contributed by atoms with Crippen molar-refractivity contribution in [2.24, 2.45) is 0 Å². The van der Waals surface area contributed by atoms with Gasteiger partial charge in [-0.1, -0.05) is 0 Å². The van der Waals surface area contributed by atoms with E-state index in [1.165, 1.54) is 6.07 Å². The SMILES string of the molecule is O=c1[nH]c2ccc(S(=O)(=O)Nc3ccc(F)cc3F)cc2c(=O)o1. The first-order chi connectivity index (χ1) is 11.3. The topological polar surface area (TPSA) is 109 Å². The van der Waals surface area contributed by atoms with Crippen molar-refractivity contribution in [1.29, 1.82) is 0 Å². The van der Waals surface area contributed by atoms with Gasteiger partial charge in [0.25, 0.3) is 10.0 Å². The number of aromatic nitrogens is 1. The van der Waals surface area contributed by atoms with Gasteiger partial charge in [-0.05, 0) is 30.3 Å². The Morgan fingerprint density at radius 3 is 2.50 bits per heavy atom. The fourth-order valence-electron chi connectivity index (χ4n) is 2.02. The van der Waals surface area contributed by atoms with Crippen LogP contribution in [-0.2, 0) is 10.0 Å². The fraction of sp³-hybridized carbons (Fsp3) is 0. The highest BCUT2D eigenvalue weighted by molar-refractivity contribution is 7.92. The summed E-state index contributed by atoms with van der Waals surface area (Å²) in [5, 5.41) is -0.169. The Balaban J connectivity index is 2.08. The van der Waals surface area contributed by atoms with Crippen molar-refractivity contribution in [1.82, 2.24) is 4.98 Å². The molecular formula is C14H8F2N2O5S. The lowest BCUT2D eigenvalue weighted by Crippen LogP contribution is -2.17. The maximum Gasteiger partial charge on any atom is 0.419 e. The molecule has 0 atom stereocenters. The second kappa shape index (κ2) is 5.57. The molecule has 2 aromatic carbocycles. The van der Waals surface area contributed by atoms with E-state index < -0.39 is 38.7 Å². The molecule has 0 aliphatic heterocycles. The summed E-state index contributed by atoms with van der Waals surface area (Å²) in [7, 11) is -4.25. The maximum absolute atomic E-state index is 13.6. The molecule has 10 heteroatoms. The Kier molecular flexibility index (Phi) is 3.68. The van der Waals surface area contributed by atoms with E-state index in [1.807, 2.05) is 4.72 Å². The van der Waals surface area contributed by atoms with Crippen LogP contribution < -0.4 is 16.1 Å². The van der Waals surface area contributed by atoms with Crippen LogP contribution >= 0.6 is 0 Å². The molecule has 7 nitrogen and oxygen atoms in total. The molecule has 3 rings (SSSR count). The smallest absolute Gasteiger partial charge is 0.372 e. The summed E-state index contributed by atoms with van der Waals surface area (Å²) in [6.07, 6.45) is 0. The first kappa shape index (κ1) is 15.9. The van der Waals surface area contributed by atoms with E-state index in [2.05, 4.69) is 9.40 Å². The lowest BCUT2D eigenvalue weighted by atomic mass is 10.2. The highest BCUT2D eigenvalue weighted by atomic mass is 32.2. The third-order valence-corrected chi connectivity index (χ3v) is 4.48. The summed E-state index contributed by atoms with van der Waals surface area (Å²) in [5.74, 6) is -2.93. The Morgan fingerprint density at radius 1 is 1.04 bits per heavy atom. The zero-order valence-corrected chi connectivity index (χ0v) is 12.5. The zero-order chi connectivity index (χ0) is 17.5. The molecular weight excluding hydrogens is 346 g/mol. The number of H-pyrrole nitrogens is 1. The molecule has 0 amide bonds. The Labute approximate surface area is 132 Å². The number of hydrogen-bond donors (Lipinski definition) is 2. The summed E-state index contributed by atoms with van der Waals surface area (Å²) >= 11 is 0. The van der Waals surface area contributed by atoms with Crippen LogP contribution in [0.5, 0.6) is 0 Å². The number of sulfonamides is 1. The van der Waals surface area contributed by atoms with Crippen molar-refractivity contribution >= 4 is 26.6 Å². The molecule has 0 aliphatic carbocycles. The molecule has 124 valence electrons. The summed E-state index contributed by atoms with van der Waals surface area (Å²) in [5.41, 5.74) is -1.38. The summed E-state index contributed by atoms with van der Waals surface area (Å²) in [4.78, 5) is 24.6. The van der Waals surface area contributed by atoms with Gasteiger partial charge >= 0.3 is 11.4 Å². The fourth-order valence-corrected chi connectivity index (χ4v) is 3.11. The van der Waals surface area contributed by atoms with Gasteiger partial charge in [0.2, 0.25) is 0 Å². The highest BCUT2D eigenvalue weighted by Gasteiger charge is 2.18. The molecule has 0 aliphatic rings. The largest absolute Gasteiger partial charge is 0.419 e. The Hall–Kier alpha value is -3.01. The highest BCUT2D eigenvalue weighted by Crippen LogP contribution is 2.21. The summed E-state index contributed by atoms with van der Waals surface area (Å²) in [6.45, 7) is 0. The molecule has 0 unspecified atom stereocenters. The van der Waals surface area contributed by atoms with Gasteiger partial charge in [0.15, 0.2) is 0 Å². The van der Waals surface area contributed by atoms with Crippen LogP contribution in [-0.4, -0.2) is 13.4 Å². The van der Waals surface area contributed by atoms with E-state index in [-0.39, 0.29) is 15.8 Å². The van der Waals surface area contributed by atoms with Crippen LogP contribution in [0.3, 0.4) is 0 Å². The average molecular weight is 354 g/mol. The molecule has 0 fully saturated rings. The Morgan fingerprint density at radius 2 is 1.79 bits per heavy atom. The minimum absolute atomic E-state index is 0.0863. The normalized spacial score (nSPS) is 11.6. The van der Waals surface area contributed by atoms with E-state index in [4.69, 9.17) is 0 Å². The number of hydrogen-bond acceptors (Lipinski definition) is 5. The van der Waals surface area contributed by atoms with Gasteiger partial charge in [0, 0.05) is 6.07 Å². The first-order valence-electron chi connectivity index (χ1n) is 6.41. The molecule has 0 radical (unpaired) electrons. The number of nitrogens with one attached hydrogen (secondary N) is 2. The van der Waals surface area contributed by atoms with Crippen molar-refractivity contribution in [3.8, 4) is 0 Å². The van der Waals surface area contributed by atoms with E-state index in [0.717, 1.165) is 24.3 Å². The zero-order valence-electron chi connectivity index (χ0n) is 11.7. The minimum Gasteiger partial charge on any atom is -0.372 e. The second-order valence-electron chi connectivity index (χ2n) is 4.74. The van der Waals surface area contributed by atoms with Crippen LogP contribution in [0.25, 0.3) is 10.9 Å². The van der Waals surface area contributed by atoms with E-state index >= 15 is 0 Å². The van der Waals surface area contributed by atoms with Gasteiger partial charge in [0.1, 0.15) is 11.6 Å². The van der Waals surface area contributed by atoms with Crippen molar-refractivity contribution in [3.63, 3.8) is 0 Å². The molecule has 0 saturated carbocycles. The van der Waals surface area contributed by atoms with Gasteiger partial charge < -0.3 is 4.42 Å².